The molecule has 0 saturated carbocycles. The fourth-order valence-electron chi connectivity index (χ4n) is 4.51. The second kappa shape index (κ2) is 4.72. The number of H-pyrrole nitrogens is 1. The Morgan fingerprint density at radius 3 is 2.68 bits per heavy atom. The molecule has 1 aromatic heterocycles. The molecule has 2 aliphatic heterocycles. The Hall–Kier alpha value is -2.06. The van der Waals surface area contributed by atoms with Crippen molar-refractivity contribution in [2.45, 2.75) is 24.8 Å². The van der Waals surface area contributed by atoms with Gasteiger partial charge in [-0.05, 0) is 42.5 Å². The molecule has 3 aromatic rings. The van der Waals surface area contributed by atoms with Gasteiger partial charge in [0.25, 0.3) is 0 Å². The maximum atomic E-state index is 3.75. The molecular formula is C20H20N2. The van der Waals surface area contributed by atoms with Gasteiger partial charge in [-0.1, -0.05) is 48.5 Å². The first kappa shape index (κ1) is 12.5. The minimum atomic E-state index is 0.389. The van der Waals surface area contributed by atoms with Crippen LogP contribution in [0, 0.1) is 0 Å². The van der Waals surface area contributed by atoms with Gasteiger partial charge in [0.1, 0.15) is 0 Å². The zero-order valence-electron chi connectivity index (χ0n) is 12.6. The predicted octanol–water partition coefficient (Wildman–Crippen LogP) is 4.45. The number of hydrogen-bond donors (Lipinski definition) is 1. The number of para-hydroxylation sites is 1. The molecule has 0 amide bonds. The van der Waals surface area contributed by atoms with Crippen molar-refractivity contribution in [3.8, 4) is 0 Å². The van der Waals surface area contributed by atoms with Crippen LogP contribution in [0.2, 0.25) is 0 Å². The number of nitrogens with zero attached hydrogens (tertiary/aromatic N) is 1. The van der Waals surface area contributed by atoms with E-state index in [-0.39, 0.29) is 0 Å². The lowest BCUT2D eigenvalue weighted by molar-refractivity contribution is 0.149. The molecule has 2 bridgehead atoms. The molecule has 2 nitrogen and oxygen atoms in total. The topological polar surface area (TPSA) is 19.0 Å². The lowest BCUT2D eigenvalue weighted by Crippen LogP contribution is -2.42. The second-order valence-corrected chi connectivity index (χ2v) is 6.65. The van der Waals surface area contributed by atoms with Gasteiger partial charge in [0.15, 0.2) is 0 Å². The predicted molar refractivity (Wildman–Crippen MR) is 90.1 cm³/mol. The summed E-state index contributed by atoms with van der Waals surface area (Å²) in [5.74, 6) is 0.694. The fraction of sp³-hybridized carbons (Fsp3) is 0.300. The minimum absolute atomic E-state index is 0.389. The molecule has 3 heterocycles. The van der Waals surface area contributed by atoms with Crippen LogP contribution in [-0.2, 0) is 0 Å². The van der Waals surface area contributed by atoms with E-state index in [0.717, 1.165) is 0 Å². The van der Waals surface area contributed by atoms with Crippen LogP contribution < -0.4 is 0 Å². The van der Waals surface area contributed by atoms with E-state index in [4.69, 9.17) is 0 Å². The average Bonchev–Trinajstić information content (AvgIpc) is 2.95. The van der Waals surface area contributed by atoms with Crippen LogP contribution in [0.15, 0.2) is 54.6 Å². The van der Waals surface area contributed by atoms with Crippen molar-refractivity contribution in [2.75, 3.05) is 13.1 Å². The first-order chi connectivity index (χ1) is 10.9. The number of fused-ring (bicyclic) bond motifs is 6. The summed E-state index contributed by atoms with van der Waals surface area (Å²) in [6.45, 7) is 2.42. The van der Waals surface area contributed by atoms with Gasteiger partial charge in [0.05, 0.1) is 6.04 Å². The Morgan fingerprint density at radius 1 is 0.955 bits per heavy atom. The van der Waals surface area contributed by atoms with Crippen LogP contribution in [-0.4, -0.2) is 23.0 Å². The van der Waals surface area contributed by atoms with E-state index in [2.05, 4.69) is 64.5 Å². The van der Waals surface area contributed by atoms with Crippen LogP contribution in [0.25, 0.3) is 10.9 Å². The Bertz CT molecular complexity index is 818. The van der Waals surface area contributed by atoms with Gasteiger partial charge in [0.2, 0.25) is 0 Å². The SMILES string of the molecule is c1ccc([C@H]2c3[nH]c4ccccc4c3[C@H]3CCCN2C3)cc1. The molecule has 0 aliphatic carbocycles. The monoisotopic (exact) mass is 288 g/mol. The molecule has 5 rings (SSSR count). The highest BCUT2D eigenvalue weighted by atomic mass is 15.2. The molecule has 0 radical (unpaired) electrons. The standard InChI is InChI=1S/C20H20N2/c1-2-7-14(8-3-1)20-19-18(15-9-6-12-22(20)13-15)16-10-4-5-11-17(16)21-19/h1-5,7-8,10-11,15,20-21H,6,9,12-13H2/t15-,20-/m0/s1. The third-order valence-corrected chi connectivity index (χ3v) is 5.39. The summed E-state index contributed by atoms with van der Waals surface area (Å²) in [6, 6.07) is 20.2. The van der Waals surface area contributed by atoms with Gasteiger partial charge in [-0.3, -0.25) is 4.90 Å². The van der Waals surface area contributed by atoms with Crippen molar-refractivity contribution in [3.05, 3.63) is 71.4 Å². The van der Waals surface area contributed by atoms with Crippen LogP contribution in [0.3, 0.4) is 0 Å². The number of benzene rings is 2. The normalized spacial score (nSPS) is 26.8. The van der Waals surface area contributed by atoms with Gasteiger partial charge in [-0.15, -0.1) is 0 Å². The van der Waals surface area contributed by atoms with Gasteiger partial charge in [-0.25, -0.2) is 0 Å². The summed E-state index contributed by atoms with van der Waals surface area (Å²) >= 11 is 0. The largest absolute Gasteiger partial charge is 0.357 e. The third kappa shape index (κ3) is 1.71. The van der Waals surface area contributed by atoms with E-state index < -0.39 is 0 Å². The van der Waals surface area contributed by atoms with Crippen molar-refractivity contribution < 1.29 is 0 Å². The molecular weight excluding hydrogens is 268 g/mol. The quantitative estimate of drug-likeness (QED) is 0.701. The number of hydrogen-bond acceptors (Lipinski definition) is 1. The van der Waals surface area contributed by atoms with E-state index in [0.29, 0.717) is 12.0 Å². The summed E-state index contributed by atoms with van der Waals surface area (Å²) in [5, 5.41) is 1.44. The third-order valence-electron chi connectivity index (χ3n) is 5.39. The average molecular weight is 288 g/mol. The van der Waals surface area contributed by atoms with Gasteiger partial charge >= 0.3 is 0 Å². The molecule has 2 heteroatoms. The zero-order chi connectivity index (χ0) is 14.5. The van der Waals surface area contributed by atoms with Gasteiger partial charge in [-0.2, -0.15) is 0 Å². The van der Waals surface area contributed by atoms with E-state index in [1.165, 1.54) is 48.1 Å². The van der Waals surface area contributed by atoms with E-state index >= 15 is 0 Å². The molecule has 2 aliphatic rings. The Labute approximate surface area is 130 Å². The summed E-state index contributed by atoms with van der Waals surface area (Å²) in [4.78, 5) is 6.42. The Balaban J connectivity index is 1.78. The van der Waals surface area contributed by atoms with Crippen molar-refractivity contribution in [2.24, 2.45) is 0 Å². The summed E-state index contributed by atoms with van der Waals surface area (Å²) in [5.41, 5.74) is 5.72. The Kier molecular flexibility index (Phi) is 2.68. The second-order valence-electron chi connectivity index (χ2n) is 6.65. The summed E-state index contributed by atoms with van der Waals surface area (Å²) in [7, 11) is 0. The van der Waals surface area contributed by atoms with Crippen LogP contribution in [0.1, 0.15) is 41.6 Å². The number of nitrogens with one attached hydrogen (secondary N) is 1. The smallest absolute Gasteiger partial charge is 0.0757 e. The van der Waals surface area contributed by atoms with E-state index in [1.807, 2.05) is 0 Å². The molecule has 3 atom stereocenters. The lowest BCUT2D eigenvalue weighted by Gasteiger charge is -2.43. The summed E-state index contributed by atoms with van der Waals surface area (Å²) < 4.78 is 0. The van der Waals surface area contributed by atoms with Crippen molar-refractivity contribution in [3.63, 3.8) is 0 Å². The van der Waals surface area contributed by atoms with Crippen LogP contribution in [0.4, 0.5) is 0 Å². The molecule has 1 unspecified atom stereocenters. The molecule has 1 fully saturated rings. The molecule has 0 spiro atoms. The van der Waals surface area contributed by atoms with Crippen molar-refractivity contribution in [1.29, 1.82) is 0 Å². The first-order valence-electron chi connectivity index (χ1n) is 8.31. The maximum absolute atomic E-state index is 3.75. The highest BCUT2D eigenvalue weighted by molar-refractivity contribution is 5.86. The molecule has 1 N–H and O–H groups in total. The first-order valence-corrected chi connectivity index (χ1v) is 8.31. The minimum Gasteiger partial charge on any atom is -0.357 e. The highest BCUT2D eigenvalue weighted by Crippen LogP contribution is 2.46. The number of aromatic nitrogens is 1. The molecule has 22 heavy (non-hydrogen) atoms. The van der Waals surface area contributed by atoms with Gasteiger partial charge in [0, 0.05) is 23.1 Å². The molecule has 2 aromatic carbocycles. The highest BCUT2D eigenvalue weighted by Gasteiger charge is 2.38. The number of rotatable bonds is 1. The van der Waals surface area contributed by atoms with E-state index in [1.54, 1.807) is 5.56 Å². The fourth-order valence-corrected chi connectivity index (χ4v) is 4.51. The summed E-state index contributed by atoms with van der Waals surface area (Å²) in [6.07, 6.45) is 2.64. The molecule has 110 valence electrons. The van der Waals surface area contributed by atoms with Crippen molar-refractivity contribution >= 4 is 10.9 Å². The van der Waals surface area contributed by atoms with Crippen LogP contribution >= 0.6 is 0 Å². The zero-order valence-corrected chi connectivity index (χ0v) is 12.6. The van der Waals surface area contributed by atoms with Crippen molar-refractivity contribution in [1.82, 2.24) is 9.88 Å². The number of aromatic amines is 1. The number of piperidine rings is 1. The Morgan fingerprint density at radius 2 is 1.77 bits per heavy atom. The van der Waals surface area contributed by atoms with Crippen LogP contribution in [0.5, 0.6) is 0 Å². The lowest BCUT2D eigenvalue weighted by atomic mass is 9.80. The maximum Gasteiger partial charge on any atom is 0.0757 e. The molecule has 1 saturated heterocycles. The van der Waals surface area contributed by atoms with Gasteiger partial charge < -0.3 is 4.98 Å². The van der Waals surface area contributed by atoms with E-state index in [9.17, 15) is 0 Å².